The van der Waals surface area contributed by atoms with E-state index in [4.69, 9.17) is 33.0 Å². The molecule has 0 atom stereocenters. The quantitative estimate of drug-likeness (QED) is 0.196. The van der Waals surface area contributed by atoms with Crippen LogP contribution in [-0.2, 0) is 0 Å². The van der Waals surface area contributed by atoms with E-state index >= 15 is 0 Å². The van der Waals surface area contributed by atoms with Gasteiger partial charge in [-0.05, 0) is 47.5 Å². The Morgan fingerprint density at radius 2 is 1.43 bits per heavy atom. The molecule has 0 spiro atoms. The molecule has 0 aliphatic carbocycles. The molecule has 1 aliphatic rings. The van der Waals surface area contributed by atoms with Gasteiger partial charge in [0.25, 0.3) is 5.91 Å². The van der Waals surface area contributed by atoms with E-state index in [9.17, 15) is 4.79 Å². The summed E-state index contributed by atoms with van der Waals surface area (Å²) in [6.45, 7) is 2.67. The smallest absolute Gasteiger partial charge is 0.272 e. The highest BCUT2D eigenvalue weighted by molar-refractivity contribution is 6.42. The molecule has 42 heavy (non-hydrogen) atoms. The van der Waals surface area contributed by atoms with Gasteiger partial charge in [0.2, 0.25) is 0 Å². The van der Waals surface area contributed by atoms with Crippen LogP contribution in [0.2, 0.25) is 10.0 Å². The third kappa shape index (κ3) is 5.79. The monoisotopic (exact) mass is 596 g/mol. The summed E-state index contributed by atoms with van der Waals surface area (Å²) in [6, 6.07) is 35.9. The van der Waals surface area contributed by atoms with Gasteiger partial charge < -0.3 is 9.64 Å². The topological polar surface area (TPSA) is 50.6 Å². The lowest BCUT2D eigenvalue weighted by molar-refractivity contribution is 0.0588. The van der Waals surface area contributed by atoms with Crippen LogP contribution >= 0.6 is 23.2 Å². The Morgan fingerprint density at radius 3 is 2.05 bits per heavy atom. The van der Waals surface area contributed by atoms with Crippen LogP contribution in [0.3, 0.4) is 0 Å². The zero-order chi connectivity index (χ0) is 29.1. The van der Waals surface area contributed by atoms with E-state index < -0.39 is 0 Å². The van der Waals surface area contributed by atoms with Crippen molar-refractivity contribution in [3.63, 3.8) is 0 Å². The van der Waals surface area contributed by atoms with Crippen molar-refractivity contribution < 1.29 is 9.53 Å². The van der Waals surface area contributed by atoms with Crippen LogP contribution in [0, 0.1) is 0 Å². The Kier molecular flexibility index (Phi) is 8.29. The molecule has 6 nitrogen and oxygen atoms in total. The first-order valence-corrected chi connectivity index (χ1v) is 14.6. The predicted molar refractivity (Wildman–Crippen MR) is 168 cm³/mol. The minimum absolute atomic E-state index is 0.0849. The number of methoxy groups -OCH3 is 1. The molecule has 0 bridgehead atoms. The highest BCUT2D eigenvalue weighted by Gasteiger charge is 2.30. The Labute approximate surface area is 255 Å². The summed E-state index contributed by atoms with van der Waals surface area (Å²) in [7, 11) is 1.63. The van der Waals surface area contributed by atoms with Crippen molar-refractivity contribution in [2.75, 3.05) is 33.3 Å². The molecule has 0 unspecified atom stereocenters. The average molecular weight is 598 g/mol. The summed E-state index contributed by atoms with van der Waals surface area (Å²) in [5.74, 6) is 0.630. The number of hydrogen-bond donors (Lipinski definition) is 0. The summed E-state index contributed by atoms with van der Waals surface area (Å²) in [5.41, 5.74) is 5.11. The van der Waals surface area contributed by atoms with E-state index in [1.807, 2.05) is 53.4 Å². The molecule has 4 aromatic carbocycles. The molecule has 1 aliphatic heterocycles. The molecule has 1 fully saturated rings. The highest BCUT2D eigenvalue weighted by atomic mass is 35.5. The Morgan fingerprint density at radius 1 is 0.762 bits per heavy atom. The van der Waals surface area contributed by atoms with Crippen LogP contribution in [0.5, 0.6) is 5.75 Å². The molecule has 0 N–H and O–H groups in total. The van der Waals surface area contributed by atoms with Crippen LogP contribution in [0.25, 0.3) is 16.9 Å². The molecule has 212 valence electrons. The highest BCUT2D eigenvalue weighted by Crippen LogP contribution is 2.31. The van der Waals surface area contributed by atoms with E-state index in [-0.39, 0.29) is 11.9 Å². The van der Waals surface area contributed by atoms with Crippen LogP contribution in [0.4, 0.5) is 0 Å². The number of piperazine rings is 1. The van der Waals surface area contributed by atoms with E-state index in [1.54, 1.807) is 23.9 Å². The number of ether oxygens (including phenoxy) is 1. The van der Waals surface area contributed by atoms with Gasteiger partial charge in [-0.1, -0.05) is 96.0 Å². The normalized spacial score (nSPS) is 13.9. The number of carbonyl (C=O) groups excluding carboxylic acids is 1. The maximum absolute atomic E-state index is 14.1. The number of carbonyl (C=O) groups is 1. The number of amides is 1. The van der Waals surface area contributed by atoms with Crippen molar-refractivity contribution in [2.24, 2.45) is 0 Å². The molecular weight excluding hydrogens is 567 g/mol. The van der Waals surface area contributed by atoms with Gasteiger partial charge >= 0.3 is 0 Å². The molecule has 1 saturated heterocycles. The summed E-state index contributed by atoms with van der Waals surface area (Å²) in [4.78, 5) is 18.5. The Hall–Kier alpha value is -4.10. The first-order valence-electron chi connectivity index (χ1n) is 13.8. The van der Waals surface area contributed by atoms with Crippen LogP contribution in [0.15, 0.2) is 109 Å². The van der Waals surface area contributed by atoms with Crippen molar-refractivity contribution in [3.8, 4) is 22.7 Å². The van der Waals surface area contributed by atoms with Crippen molar-refractivity contribution >= 4 is 29.1 Å². The zero-order valence-electron chi connectivity index (χ0n) is 23.2. The fraction of sp³-hybridized carbons (Fsp3) is 0.176. The lowest BCUT2D eigenvalue weighted by atomic mass is 9.96. The zero-order valence-corrected chi connectivity index (χ0v) is 24.7. The second kappa shape index (κ2) is 12.4. The number of benzene rings is 4. The van der Waals surface area contributed by atoms with E-state index in [1.165, 1.54) is 11.1 Å². The summed E-state index contributed by atoms with van der Waals surface area (Å²) < 4.78 is 7.07. The summed E-state index contributed by atoms with van der Waals surface area (Å²) in [5, 5.41) is 5.67. The van der Waals surface area contributed by atoms with Crippen LogP contribution < -0.4 is 4.74 Å². The lowest BCUT2D eigenvalue weighted by Gasteiger charge is -2.39. The molecule has 1 amide bonds. The second-order valence-corrected chi connectivity index (χ2v) is 11.0. The first kappa shape index (κ1) is 28.0. The molecule has 0 saturated carbocycles. The minimum atomic E-state index is -0.0849. The van der Waals surface area contributed by atoms with E-state index in [0.717, 1.165) is 18.7 Å². The van der Waals surface area contributed by atoms with Crippen LogP contribution in [-0.4, -0.2) is 58.8 Å². The van der Waals surface area contributed by atoms with E-state index in [2.05, 4.69) is 53.4 Å². The van der Waals surface area contributed by atoms with Gasteiger partial charge in [0.05, 0.1) is 34.6 Å². The van der Waals surface area contributed by atoms with Crippen molar-refractivity contribution in [1.29, 1.82) is 0 Å². The average Bonchev–Trinajstić information content (AvgIpc) is 3.49. The number of nitrogens with zero attached hydrogens (tertiary/aromatic N) is 4. The van der Waals surface area contributed by atoms with Gasteiger partial charge in [-0.15, -0.1) is 0 Å². The first-order chi connectivity index (χ1) is 20.5. The van der Waals surface area contributed by atoms with Gasteiger partial charge in [-0.25, -0.2) is 4.68 Å². The predicted octanol–water partition coefficient (Wildman–Crippen LogP) is 7.40. The number of aromatic nitrogens is 2. The standard InChI is InChI=1S/C34H30Cl2N4O2/c1-42-28-14-8-13-26(21-28)31-23-32(40(37-31)27-15-16-29(35)30(36)22-27)34(41)39-19-17-38(18-20-39)33(24-9-4-2-5-10-24)25-11-6-3-7-12-25/h2-16,21-23,33H,17-20H2,1H3. The van der Waals surface area contributed by atoms with Crippen molar-refractivity contribution in [1.82, 2.24) is 19.6 Å². The van der Waals surface area contributed by atoms with Gasteiger partial charge in [-0.2, -0.15) is 5.10 Å². The summed E-state index contributed by atoms with van der Waals surface area (Å²) >= 11 is 12.6. The van der Waals surface area contributed by atoms with Gasteiger partial charge in [0.1, 0.15) is 11.4 Å². The molecule has 6 rings (SSSR count). The van der Waals surface area contributed by atoms with E-state index in [0.29, 0.717) is 46.0 Å². The molecular formula is C34H30Cl2N4O2. The van der Waals surface area contributed by atoms with Crippen molar-refractivity contribution in [2.45, 2.75) is 6.04 Å². The minimum Gasteiger partial charge on any atom is -0.497 e. The number of rotatable bonds is 7. The molecule has 5 aromatic rings. The fourth-order valence-electron chi connectivity index (χ4n) is 5.50. The third-order valence-corrected chi connectivity index (χ3v) is 8.38. The maximum atomic E-state index is 14.1. The summed E-state index contributed by atoms with van der Waals surface area (Å²) in [6.07, 6.45) is 0. The fourth-order valence-corrected chi connectivity index (χ4v) is 5.79. The Bertz CT molecular complexity index is 1640. The SMILES string of the molecule is COc1cccc(-c2cc(C(=O)N3CCN(C(c4ccccc4)c4ccccc4)CC3)n(-c3ccc(Cl)c(Cl)c3)n2)c1. The molecule has 8 heteroatoms. The van der Waals surface area contributed by atoms with Gasteiger partial charge in [0, 0.05) is 31.7 Å². The van der Waals surface area contributed by atoms with Crippen LogP contribution in [0.1, 0.15) is 27.7 Å². The maximum Gasteiger partial charge on any atom is 0.272 e. The lowest BCUT2D eigenvalue weighted by Crippen LogP contribution is -2.50. The number of halogens is 2. The van der Waals surface area contributed by atoms with Gasteiger partial charge in [-0.3, -0.25) is 9.69 Å². The Balaban J connectivity index is 1.29. The second-order valence-electron chi connectivity index (χ2n) is 10.2. The van der Waals surface area contributed by atoms with Gasteiger partial charge in [0.15, 0.2) is 0 Å². The third-order valence-electron chi connectivity index (χ3n) is 7.64. The number of hydrogen-bond acceptors (Lipinski definition) is 4. The molecule has 1 aromatic heterocycles. The van der Waals surface area contributed by atoms with Crippen molar-refractivity contribution in [3.05, 3.63) is 136 Å². The molecule has 2 heterocycles. The molecule has 0 radical (unpaired) electrons. The largest absolute Gasteiger partial charge is 0.497 e.